The molecule has 1 aliphatic rings. The van der Waals surface area contributed by atoms with Crippen molar-refractivity contribution in [2.24, 2.45) is 5.73 Å². The Bertz CT molecular complexity index is 393. The first-order chi connectivity index (χ1) is 6.52. The van der Waals surface area contributed by atoms with E-state index in [0.717, 1.165) is 18.4 Å². The molecule has 0 heterocycles. The number of amides is 1. The number of hydrogen-bond acceptors (Lipinski definition) is 1. The minimum absolute atomic E-state index is 0.195. The fourth-order valence-electron chi connectivity index (χ4n) is 2.29. The lowest BCUT2D eigenvalue weighted by Gasteiger charge is -2.18. The Morgan fingerprint density at radius 1 is 1.43 bits per heavy atom. The SMILES string of the molecule is CC1(C)CCc2c(C(N)=O)cccc21. The van der Waals surface area contributed by atoms with Gasteiger partial charge >= 0.3 is 0 Å². The van der Waals surface area contributed by atoms with Gasteiger partial charge in [0.15, 0.2) is 0 Å². The van der Waals surface area contributed by atoms with Crippen LogP contribution in [0.1, 0.15) is 41.8 Å². The molecule has 2 N–H and O–H groups in total. The highest BCUT2D eigenvalue weighted by Crippen LogP contribution is 2.39. The van der Waals surface area contributed by atoms with Crippen LogP contribution in [0.5, 0.6) is 0 Å². The normalized spacial score (nSPS) is 17.9. The Morgan fingerprint density at radius 3 is 2.79 bits per heavy atom. The molecule has 1 aromatic carbocycles. The van der Waals surface area contributed by atoms with Crippen molar-refractivity contribution in [1.82, 2.24) is 0 Å². The molecule has 0 spiro atoms. The molecule has 74 valence electrons. The zero-order valence-corrected chi connectivity index (χ0v) is 8.63. The summed E-state index contributed by atoms with van der Waals surface area (Å²) in [7, 11) is 0. The predicted octanol–water partition coefficient (Wildman–Crippen LogP) is 2.01. The molecule has 0 saturated heterocycles. The third-order valence-electron chi connectivity index (χ3n) is 3.17. The van der Waals surface area contributed by atoms with E-state index in [9.17, 15) is 4.79 Å². The number of carbonyl (C=O) groups excluding carboxylic acids is 1. The summed E-state index contributed by atoms with van der Waals surface area (Å²) in [6.07, 6.45) is 2.08. The van der Waals surface area contributed by atoms with Crippen molar-refractivity contribution in [2.75, 3.05) is 0 Å². The summed E-state index contributed by atoms with van der Waals surface area (Å²) in [5, 5.41) is 0. The third-order valence-corrected chi connectivity index (χ3v) is 3.17. The summed E-state index contributed by atoms with van der Waals surface area (Å²) in [4.78, 5) is 11.2. The molecule has 0 unspecified atom stereocenters. The Labute approximate surface area is 84.1 Å². The first-order valence-electron chi connectivity index (χ1n) is 4.94. The van der Waals surface area contributed by atoms with Gasteiger partial charge in [-0.2, -0.15) is 0 Å². The van der Waals surface area contributed by atoms with E-state index in [1.54, 1.807) is 0 Å². The molecule has 0 saturated carbocycles. The van der Waals surface area contributed by atoms with Gasteiger partial charge in [-0.15, -0.1) is 0 Å². The van der Waals surface area contributed by atoms with E-state index in [-0.39, 0.29) is 11.3 Å². The van der Waals surface area contributed by atoms with Crippen LogP contribution in [0, 0.1) is 0 Å². The van der Waals surface area contributed by atoms with Crippen LogP contribution in [0.4, 0.5) is 0 Å². The maximum Gasteiger partial charge on any atom is 0.248 e. The van der Waals surface area contributed by atoms with Crippen LogP contribution in [0.25, 0.3) is 0 Å². The predicted molar refractivity (Wildman–Crippen MR) is 56.3 cm³/mol. The summed E-state index contributed by atoms with van der Waals surface area (Å²) in [6.45, 7) is 4.42. The number of rotatable bonds is 1. The highest BCUT2D eigenvalue weighted by Gasteiger charge is 2.31. The zero-order valence-electron chi connectivity index (χ0n) is 8.63. The summed E-state index contributed by atoms with van der Waals surface area (Å²) >= 11 is 0. The number of fused-ring (bicyclic) bond motifs is 1. The van der Waals surface area contributed by atoms with Gasteiger partial charge in [-0.1, -0.05) is 26.0 Å². The van der Waals surface area contributed by atoms with E-state index in [4.69, 9.17) is 5.73 Å². The van der Waals surface area contributed by atoms with Crippen molar-refractivity contribution >= 4 is 5.91 Å². The lowest BCUT2D eigenvalue weighted by molar-refractivity contribution is 0.0999. The average molecular weight is 189 g/mol. The molecule has 1 aliphatic carbocycles. The number of carbonyl (C=O) groups is 1. The van der Waals surface area contributed by atoms with E-state index in [1.165, 1.54) is 5.56 Å². The summed E-state index contributed by atoms with van der Waals surface area (Å²) in [6, 6.07) is 5.85. The van der Waals surface area contributed by atoms with Crippen molar-refractivity contribution < 1.29 is 4.79 Å². The van der Waals surface area contributed by atoms with E-state index in [2.05, 4.69) is 19.9 Å². The van der Waals surface area contributed by atoms with Crippen LogP contribution in [-0.2, 0) is 11.8 Å². The maximum atomic E-state index is 11.2. The first kappa shape index (κ1) is 9.25. The lowest BCUT2D eigenvalue weighted by Crippen LogP contribution is -2.15. The van der Waals surface area contributed by atoms with Gasteiger partial charge < -0.3 is 5.73 Å². The van der Waals surface area contributed by atoms with Crippen molar-refractivity contribution in [3.8, 4) is 0 Å². The van der Waals surface area contributed by atoms with E-state index in [0.29, 0.717) is 5.56 Å². The monoisotopic (exact) mass is 189 g/mol. The summed E-state index contributed by atoms with van der Waals surface area (Å²) in [5.74, 6) is -0.306. The molecular formula is C12H15NO. The summed E-state index contributed by atoms with van der Waals surface area (Å²) in [5.41, 5.74) is 8.68. The van der Waals surface area contributed by atoms with Gasteiger partial charge in [-0.25, -0.2) is 0 Å². The molecule has 1 aromatic rings. The van der Waals surface area contributed by atoms with E-state index < -0.39 is 0 Å². The fourth-order valence-corrected chi connectivity index (χ4v) is 2.29. The minimum atomic E-state index is -0.306. The van der Waals surface area contributed by atoms with E-state index in [1.807, 2.05) is 12.1 Å². The van der Waals surface area contributed by atoms with Crippen LogP contribution >= 0.6 is 0 Å². The standard InChI is InChI=1S/C12H15NO/c1-12(2)7-6-8-9(11(13)14)4-3-5-10(8)12/h3-5H,6-7H2,1-2H3,(H2,13,14). The summed E-state index contributed by atoms with van der Waals surface area (Å²) < 4.78 is 0. The molecule has 0 fully saturated rings. The molecule has 0 bridgehead atoms. The third kappa shape index (κ3) is 1.22. The largest absolute Gasteiger partial charge is 0.366 e. The molecule has 0 atom stereocenters. The van der Waals surface area contributed by atoms with Gasteiger partial charge in [0.25, 0.3) is 0 Å². The van der Waals surface area contributed by atoms with Crippen molar-refractivity contribution in [3.63, 3.8) is 0 Å². The molecule has 0 radical (unpaired) electrons. The molecular weight excluding hydrogens is 174 g/mol. The van der Waals surface area contributed by atoms with Gasteiger partial charge in [0.1, 0.15) is 0 Å². The Hall–Kier alpha value is -1.31. The topological polar surface area (TPSA) is 43.1 Å². The molecule has 0 aliphatic heterocycles. The second-order valence-electron chi connectivity index (χ2n) is 4.58. The Balaban J connectivity index is 2.61. The van der Waals surface area contributed by atoms with Crippen LogP contribution in [-0.4, -0.2) is 5.91 Å². The number of nitrogens with two attached hydrogens (primary N) is 1. The van der Waals surface area contributed by atoms with Gasteiger partial charge in [0.05, 0.1) is 0 Å². The highest BCUT2D eigenvalue weighted by molar-refractivity contribution is 5.95. The van der Waals surface area contributed by atoms with Gasteiger partial charge in [-0.3, -0.25) is 4.79 Å². The minimum Gasteiger partial charge on any atom is -0.366 e. The first-order valence-corrected chi connectivity index (χ1v) is 4.94. The molecule has 1 amide bonds. The molecule has 2 rings (SSSR count). The van der Waals surface area contributed by atoms with Gasteiger partial charge in [0, 0.05) is 5.56 Å². The van der Waals surface area contributed by atoms with Crippen LogP contribution in [0.15, 0.2) is 18.2 Å². The zero-order chi connectivity index (χ0) is 10.3. The number of benzene rings is 1. The second kappa shape index (κ2) is 2.84. The van der Waals surface area contributed by atoms with Crippen molar-refractivity contribution in [3.05, 3.63) is 34.9 Å². The smallest absolute Gasteiger partial charge is 0.248 e. The molecule has 2 nitrogen and oxygen atoms in total. The van der Waals surface area contributed by atoms with Crippen molar-refractivity contribution in [2.45, 2.75) is 32.1 Å². The quantitative estimate of drug-likeness (QED) is 0.721. The van der Waals surface area contributed by atoms with Gasteiger partial charge in [0.2, 0.25) is 5.91 Å². The second-order valence-corrected chi connectivity index (χ2v) is 4.58. The fraction of sp³-hybridized carbons (Fsp3) is 0.417. The van der Waals surface area contributed by atoms with Crippen molar-refractivity contribution in [1.29, 1.82) is 0 Å². The lowest BCUT2D eigenvalue weighted by atomic mass is 9.86. The highest BCUT2D eigenvalue weighted by atomic mass is 16.1. The Morgan fingerprint density at radius 2 is 2.14 bits per heavy atom. The average Bonchev–Trinajstić information content (AvgIpc) is 2.42. The molecule has 0 aromatic heterocycles. The maximum absolute atomic E-state index is 11.2. The van der Waals surface area contributed by atoms with Crippen LogP contribution in [0.2, 0.25) is 0 Å². The van der Waals surface area contributed by atoms with E-state index >= 15 is 0 Å². The van der Waals surface area contributed by atoms with Crippen LogP contribution in [0.3, 0.4) is 0 Å². The molecule has 14 heavy (non-hydrogen) atoms. The Kier molecular flexibility index (Phi) is 1.88. The number of hydrogen-bond donors (Lipinski definition) is 1. The molecule has 2 heteroatoms. The van der Waals surface area contributed by atoms with Gasteiger partial charge in [-0.05, 0) is 35.4 Å². The number of primary amides is 1. The van der Waals surface area contributed by atoms with Crippen LogP contribution < -0.4 is 5.73 Å².